The zero-order valence-corrected chi connectivity index (χ0v) is 16.4. The number of hydrogen-bond acceptors (Lipinski definition) is 4. The summed E-state index contributed by atoms with van der Waals surface area (Å²) in [5.41, 5.74) is 3.38. The SMILES string of the molecule is CCOC(=O)c1ccc(O)c(C(C)c2cc(C)cc(C(C)(C)C)c2O)c1. The molecule has 2 N–H and O–H groups in total. The zero-order valence-electron chi connectivity index (χ0n) is 16.4. The predicted molar refractivity (Wildman–Crippen MR) is 103 cm³/mol. The summed E-state index contributed by atoms with van der Waals surface area (Å²) in [6.45, 7) is 12.1. The molecule has 4 heteroatoms. The predicted octanol–water partition coefficient (Wildman–Crippen LogP) is 5.03. The largest absolute Gasteiger partial charge is 0.508 e. The number of hydrogen-bond donors (Lipinski definition) is 2. The molecular weight excluding hydrogens is 328 g/mol. The summed E-state index contributed by atoms with van der Waals surface area (Å²) < 4.78 is 5.04. The fourth-order valence-electron chi connectivity index (χ4n) is 3.12. The van der Waals surface area contributed by atoms with Crippen LogP contribution in [0.4, 0.5) is 0 Å². The Balaban J connectivity index is 2.56. The lowest BCUT2D eigenvalue weighted by Gasteiger charge is -2.25. The van der Waals surface area contributed by atoms with Crippen LogP contribution in [0.1, 0.15) is 73.1 Å². The molecule has 0 fully saturated rings. The number of esters is 1. The zero-order chi connectivity index (χ0) is 19.6. The maximum atomic E-state index is 12.0. The molecular formula is C22H28O4. The number of rotatable bonds is 4. The number of phenolic OH excluding ortho intramolecular Hbond substituents is 2. The van der Waals surface area contributed by atoms with Crippen LogP contribution in [0.15, 0.2) is 30.3 Å². The number of ether oxygens (including phenoxy) is 1. The van der Waals surface area contributed by atoms with Gasteiger partial charge in [-0.25, -0.2) is 4.79 Å². The summed E-state index contributed by atoms with van der Waals surface area (Å²) in [6.07, 6.45) is 0. The highest BCUT2D eigenvalue weighted by molar-refractivity contribution is 5.90. The van der Waals surface area contributed by atoms with E-state index in [0.29, 0.717) is 11.1 Å². The first-order chi connectivity index (χ1) is 12.1. The number of aryl methyl sites for hydroxylation is 1. The van der Waals surface area contributed by atoms with E-state index >= 15 is 0 Å². The second kappa shape index (κ2) is 7.40. The molecule has 26 heavy (non-hydrogen) atoms. The average molecular weight is 356 g/mol. The maximum Gasteiger partial charge on any atom is 0.338 e. The summed E-state index contributed by atoms with van der Waals surface area (Å²) >= 11 is 0. The summed E-state index contributed by atoms with van der Waals surface area (Å²) in [4.78, 5) is 12.0. The molecule has 0 amide bonds. The van der Waals surface area contributed by atoms with Crippen molar-refractivity contribution in [2.75, 3.05) is 6.61 Å². The van der Waals surface area contributed by atoms with Crippen molar-refractivity contribution in [2.45, 2.75) is 52.9 Å². The van der Waals surface area contributed by atoms with E-state index in [9.17, 15) is 15.0 Å². The minimum Gasteiger partial charge on any atom is -0.508 e. The quantitative estimate of drug-likeness (QED) is 0.754. The molecule has 2 aromatic rings. The molecule has 0 aliphatic heterocycles. The van der Waals surface area contributed by atoms with Crippen LogP contribution in [-0.2, 0) is 10.2 Å². The van der Waals surface area contributed by atoms with Crippen LogP contribution in [-0.4, -0.2) is 22.8 Å². The van der Waals surface area contributed by atoms with Gasteiger partial charge in [0, 0.05) is 17.0 Å². The summed E-state index contributed by atoms with van der Waals surface area (Å²) in [5.74, 6) is -0.393. The van der Waals surface area contributed by atoms with Gasteiger partial charge in [-0.15, -0.1) is 0 Å². The third kappa shape index (κ3) is 4.01. The van der Waals surface area contributed by atoms with Crippen molar-refractivity contribution in [1.29, 1.82) is 0 Å². The molecule has 0 aliphatic rings. The standard InChI is InChI=1S/C22H28O4/c1-7-26-21(25)15-8-9-19(23)16(12-15)14(3)17-10-13(2)11-18(20(17)24)22(4,5)6/h8-12,14,23-24H,7H2,1-6H3. The monoisotopic (exact) mass is 356 g/mol. The number of aromatic hydroxyl groups is 2. The molecule has 0 aliphatic carbocycles. The fourth-order valence-corrected chi connectivity index (χ4v) is 3.12. The second-order valence-electron chi connectivity index (χ2n) is 7.72. The van der Waals surface area contributed by atoms with E-state index in [0.717, 1.165) is 16.7 Å². The molecule has 0 spiro atoms. The molecule has 0 saturated heterocycles. The van der Waals surface area contributed by atoms with Crippen molar-refractivity contribution in [2.24, 2.45) is 0 Å². The Morgan fingerprint density at radius 1 is 1.12 bits per heavy atom. The third-order valence-electron chi connectivity index (χ3n) is 4.56. The van der Waals surface area contributed by atoms with Crippen molar-refractivity contribution >= 4 is 5.97 Å². The van der Waals surface area contributed by atoms with Crippen LogP contribution in [0, 0.1) is 6.92 Å². The van der Waals surface area contributed by atoms with Gasteiger partial charge >= 0.3 is 5.97 Å². The van der Waals surface area contributed by atoms with Crippen LogP contribution < -0.4 is 0 Å². The average Bonchev–Trinajstić information content (AvgIpc) is 2.55. The van der Waals surface area contributed by atoms with E-state index in [1.807, 2.05) is 26.0 Å². The summed E-state index contributed by atoms with van der Waals surface area (Å²) in [7, 11) is 0. The molecule has 4 nitrogen and oxygen atoms in total. The molecule has 0 aromatic heterocycles. The van der Waals surface area contributed by atoms with Gasteiger partial charge in [0.25, 0.3) is 0 Å². The van der Waals surface area contributed by atoms with E-state index in [2.05, 4.69) is 20.8 Å². The number of carbonyl (C=O) groups is 1. The highest BCUT2D eigenvalue weighted by Crippen LogP contribution is 2.41. The highest BCUT2D eigenvalue weighted by atomic mass is 16.5. The van der Waals surface area contributed by atoms with E-state index in [4.69, 9.17) is 4.74 Å². The second-order valence-corrected chi connectivity index (χ2v) is 7.72. The molecule has 1 atom stereocenters. The van der Waals surface area contributed by atoms with Gasteiger partial charge in [0.15, 0.2) is 0 Å². The molecule has 140 valence electrons. The first-order valence-corrected chi connectivity index (χ1v) is 8.90. The van der Waals surface area contributed by atoms with Crippen molar-refractivity contribution in [3.05, 3.63) is 58.1 Å². The fraction of sp³-hybridized carbons (Fsp3) is 0.409. The molecule has 0 radical (unpaired) electrons. The smallest absolute Gasteiger partial charge is 0.338 e. The molecule has 0 bridgehead atoms. The third-order valence-corrected chi connectivity index (χ3v) is 4.56. The van der Waals surface area contributed by atoms with Crippen molar-refractivity contribution in [3.8, 4) is 11.5 Å². The van der Waals surface area contributed by atoms with E-state index in [1.54, 1.807) is 19.1 Å². The van der Waals surface area contributed by atoms with Gasteiger partial charge in [-0.3, -0.25) is 0 Å². The Morgan fingerprint density at radius 3 is 2.35 bits per heavy atom. The van der Waals surface area contributed by atoms with Crippen molar-refractivity contribution < 1.29 is 19.7 Å². The van der Waals surface area contributed by atoms with Crippen molar-refractivity contribution in [1.82, 2.24) is 0 Å². The van der Waals surface area contributed by atoms with Gasteiger partial charge in [0.1, 0.15) is 11.5 Å². The minimum atomic E-state index is -0.426. The molecule has 0 heterocycles. The van der Waals surface area contributed by atoms with E-state index in [1.165, 1.54) is 6.07 Å². The van der Waals surface area contributed by atoms with Gasteiger partial charge in [-0.1, -0.05) is 45.4 Å². The van der Waals surface area contributed by atoms with E-state index in [-0.39, 0.29) is 29.4 Å². The Labute approximate surface area is 155 Å². The van der Waals surface area contributed by atoms with E-state index < -0.39 is 5.97 Å². The summed E-state index contributed by atoms with van der Waals surface area (Å²) in [5, 5.41) is 21.2. The molecule has 1 unspecified atom stereocenters. The Morgan fingerprint density at radius 2 is 1.77 bits per heavy atom. The first kappa shape index (κ1) is 19.8. The van der Waals surface area contributed by atoms with Gasteiger partial charge in [0.2, 0.25) is 0 Å². The highest BCUT2D eigenvalue weighted by Gasteiger charge is 2.25. The van der Waals surface area contributed by atoms with Crippen molar-refractivity contribution in [3.63, 3.8) is 0 Å². The maximum absolute atomic E-state index is 12.0. The van der Waals surface area contributed by atoms with Gasteiger partial charge in [0.05, 0.1) is 12.2 Å². The lowest BCUT2D eigenvalue weighted by molar-refractivity contribution is 0.0526. The number of benzene rings is 2. The van der Waals surface area contributed by atoms with Gasteiger partial charge < -0.3 is 14.9 Å². The number of phenols is 2. The van der Waals surface area contributed by atoms with Crippen LogP contribution in [0.3, 0.4) is 0 Å². The normalized spacial score (nSPS) is 12.7. The molecule has 2 rings (SSSR count). The van der Waals surface area contributed by atoms with Crippen LogP contribution in [0.5, 0.6) is 11.5 Å². The van der Waals surface area contributed by atoms with Gasteiger partial charge in [-0.2, -0.15) is 0 Å². The lowest BCUT2D eigenvalue weighted by atomic mass is 9.81. The Hall–Kier alpha value is -2.49. The minimum absolute atomic E-state index is 0.0868. The lowest BCUT2D eigenvalue weighted by Crippen LogP contribution is -2.13. The van der Waals surface area contributed by atoms with Crippen LogP contribution >= 0.6 is 0 Å². The van der Waals surface area contributed by atoms with Gasteiger partial charge in [-0.05, 0) is 43.0 Å². The number of carbonyl (C=O) groups excluding carboxylic acids is 1. The van der Waals surface area contributed by atoms with Crippen LogP contribution in [0.2, 0.25) is 0 Å². The van der Waals surface area contributed by atoms with Crippen LogP contribution in [0.25, 0.3) is 0 Å². The molecule has 0 saturated carbocycles. The Kier molecular flexibility index (Phi) is 5.65. The molecule has 2 aromatic carbocycles. The first-order valence-electron chi connectivity index (χ1n) is 8.90. The topological polar surface area (TPSA) is 66.8 Å². The Bertz CT molecular complexity index is 816. The summed E-state index contributed by atoms with van der Waals surface area (Å²) in [6, 6.07) is 8.58.